The Labute approximate surface area is 515 Å². The minimum absolute atomic E-state index is 0.0900. The molecule has 0 saturated heterocycles. The number of nitrogens with one attached hydrogen (secondary N) is 9. The first-order chi connectivity index (χ1) is 40.2. The fourth-order valence-corrected chi connectivity index (χ4v) is 10.1. The van der Waals surface area contributed by atoms with Crippen LogP contribution in [0.2, 0.25) is 0 Å². The average molecular weight is 1250 g/mol. The van der Waals surface area contributed by atoms with Crippen LogP contribution in [-0.4, -0.2) is 175 Å². The van der Waals surface area contributed by atoms with Gasteiger partial charge in [-0.1, -0.05) is 55.4 Å². The van der Waals surface area contributed by atoms with Gasteiger partial charge in [-0.05, 0) is 189 Å². The molecule has 25 nitrogen and oxygen atoms in total. The summed E-state index contributed by atoms with van der Waals surface area (Å²) in [5.74, 6) is -6.55. The van der Waals surface area contributed by atoms with Crippen molar-refractivity contribution < 1.29 is 53.1 Å². The van der Waals surface area contributed by atoms with Gasteiger partial charge in [-0.15, -0.1) is 0 Å². The van der Waals surface area contributed by atoms with E-state index in [1.54, 1.807) is 0 Å². The smallest absolute Gasteiger partial charge is 0.326 e. The Kier molecular flexibility index (Phi) is 43.8. The number of nitrogens with two attached hydrogens (primary N) is 5. The highest BCUT2D eigenvalue weighted by molar-refractivity contribution is 7.98. The van der Waals surface area contributed by atoms with Crippen molar-refractivity contribution in [2.24, 2.45) is 52.3 Å². The molecular formula is C58H112N14O11S2. The van der Waals surface area contributed by atoms with Crippen LogP contribution >= 0.6 is 23.5 Å². The van der Waals surface area contributed by atoms with Gasteiger partial charge in [0.1, 0.15) is 54.4 Å². The van der Waals surface area contributed by atoms with Crippen LogP contribution in [0.15, 0.2) is 0 Å². The summed E-state index contributed by atoms with van der Waals surface area (Å²) in [7, 11) is 0. The fraction of sp³-hybridized carbons (Fsp3) is 0.828. The molecule has 492 valence electrons. The summed E-state index contributed by atoms with van der Waals surface area (Å²) in [5, 5.41) is 34.8. The van der Waals surface area contributed by atoms with E-state index in [0.29, 0.717) is 88.9 Å². The fourth-order valence-electron chi connectivity index (χ4n) is 9.18. The maximum atomic E-state index is 14.5. The van der Waals surface area contributed by atoms with Crippen molar-refractivity contribution >= 4 is 82.7 Å². The molecule has 0 heterocycles. The molecule has 0 aliphatic rings. The number of carbonyl (C=O) groups excluding carboxylic acids is 9. The van der Waals surface area contributed by atoms with E-state index in [9.17, 15) is 53.1 Å². The van der Waals surface area contributed by atoms with Gasteiger partial charge in [0.15, 0.2) is 0 Å². The molecular weight excluding hydrogens is 1130 g/mol. The maximum Gasteiger partial charge on any atom is 0.326 e. The molecule has 0 aromatic heterocycles. The van der Waals surface area contributed by atoms with Crippen LogP contribution in [0.4, 0.5) is 0 Å². The number of rotatable bonds is 49. The Hall–Kier alpha value is -4.80. The number of carboxylic acids is 1. The van der Waals surface area contributed by atoms with E-state index >= 15 is 0 Å². The molecule has 0 unspecified atom stereocenters. The second-order valence-electron chi connectivity index (χ2n) is 23.7. The monoisotopic (exact) mass is 1240 g/mol. The number of hydrogen-bond donors (Lipinski definition) is 15. The van der Waals surface area contributed by atoms with Crippen LogP contribution in [0, 0.1) is 23.7 Å². The zero-order chi connectivity index (χ0) is 64.6. The topological polar surface area (TPSA) is 429 Å². The highest BCUT2D eigenvalue weighted by Gasteiger charge is 2.36. The average Bonchev–Trinajstić information content (AvgIpc) is 3.64. The van der Waals surface area contributed by atoms with Crippen LogP contribution in [-0.2, 0) is 47.9 Å². The predicted octanol–water partition coefficient (Wildman–Crippen LogP) is 0.968. The predicted molar refractivity (Wildman–Crippen MR) is 338 cm³/mol. The Morgan fingerprint density at radius 1 is 0.318 bits per heavy atom. The van der Waals surface area contributed by atoms with Crippen LogP contribution in [0.5, 0.6) is 0 Å². The molecule has 0 aromatic carbocycles. The Balaban J connectivity index is 6.95. The summed E-state index contributed by atoms with van der Waals surface area (Å²) in [5.41, 5.74) is 29.4. The first-order valence-electron chi connectivity index (χ1n) is 30.7. The number of aliphatic carboxylic acids is 1. The quantitative estimate of drug-likeness (QED) is 0.0377. The molecule has 0 aromatic rings. The minimum Gasteiger partial charge on any atom is -0.480 e. The summed E-state index contributed by atoms with van der Waals surface area (Å²) in [6, 6.07) is -11.4. The highest BCUT2D eigenvalue weighted by atomic mass is 32.2. The van der Waals surface area contributed by atoms with Crippen LogP contribution in [0.25, 0.3) is 0 Å². The van der Waals surface area contributed by atoms with Crippen molar-refractivity contribution in [1.29, 1.82) is 0 Å². The largest absolute Gasteiger partial charge is 0.480 e. The molecule has 27 heteroatoms. The standard InChI is InChI=1S/C58H112N14O11S2/c1-35(2)31-45(71-56(80)47(33-37(5)6)69-52(76)42(21-13-17-27-61)65-50(74)40(19-11-15-25-59)64-49(73)39(63)23-29-84-9)54(78)67-41(20-12-16-26-60)51(75)66-43(22-14-18-28-62)53(77)70-48(34-38(7)8)57(81)72-46(32-36(3)4)55(79)68-44(58(82)83)24-30-85-10/h35-48H,11-34,59-63H2,1-10H3,(H,64,73)(H,65,74)(H,66,75)(H,67,78)(H,68,79)(H,69,76)(H,70,77)(H,71,80)(H,72,81)(H,82,83)/t39-,40-,41-,42-,43-,44-,45-,46-,47-,48-/m0/s1. The number of amides is 9. The minimum atomic E-state index is -1.23. The summed E-state index contributed by atoms with van der Waals surface area (Å²) in [6.07, 6.45) is 9.30. The van der Waals surface area contributed by atoms with Gasteiger partial charge in [0.2, 0.25) is 53.2 Å². The number of carbonyl (C=O) groups is 10. The van der Waals surface area contributed by atoms with Gasteiger partial charge in [0, 0.05) is 0 Å². The second kappa shape index (κ2) is 46.4. The number of thioether (sulfide) groups is 2. The first-order valence-corrected chi connectivity index (χ1v) is 33.5. The molecule has 0 fully saturated rings. The summed E-state index contributed by atoms with van der Waals surface area (Å²) in [4.78, 5) is 139. The summed E-state index contributed by atoms with van der Waals surface area (Å²) < 4.78 is 0. The Morgan fingerprint density at radius 2 is 0.529 bits per heavy atom. The van der Waals surface area contributed by atoms with E-state index in [0.717, 1.165) is 0 Å². The van der Waals surface area contributed by atoms with E-state index in [1.807, 2.05) is 67.9 Å². The van der Waals surface area contributed by atoms with Gasteiger partial charge in [-0.2, -0.15) is 23.5 Å². The van der Waals surface area contributed by atoms with Crippen molar-refractivity contribution in [3.8, 4) is 0 Å². The molecule has 0 saturated carbocycles. The molecule has 0 bridgehead atoms. The second-order valence-corrected chi connectivity index (χ2v) is 25.7. The van der Waals surface area contributed by atoms with E-state index in [2.05, 4.69) is 47.9 Å². The van der Waals surface area contributed by atoms with Crippen molar-refractivity contribution in [1.82, 2.24) is 47.9 Å². The van der Waals surface area contributed by atoms with Gasteiger partial charge >= 0.3 is 5.97 Å². The molecule has 0 aliphatic carbocycles. The third-order valence-corrected chi connectivity index (χ3v) is 15.2. The first kappa shape index (κ1) is 80.2. The van der Waals surface area contributed by atoms with Gasteiger partial charge in [0.25, 0.3) is 0 Å². The lowest BCUT2D eigenvalue weighted by Gasteiger charge is -2.29. The summed E-state index contributed by atoms with van der Waals surface area (Å²) >= 11 is 2.96. The van der Waals surface area contributed by atoms with Gasteiger partial charge in [-0.25, -0.2) is 4.79 Å². The number of unbranched alkanes of at least 4 members (excludes halogenated alkanes) is 4. The highest BCUT2D eigenvalue weighted by Crippen LogP contribution is 2.16. The lowest BCUT2D eigenvalue weighted by Crippen LogP contribution is -2.61. The molecule has 0 spiro atoms. The lowest BCUT2D eigenvalue weighted by molar-refractivity contribution is -0.142. The van der Waals surface area contributed by atoms with E-state index < -0.39 is 120 Å². The van der Waals surface area contributed by atoms with Gasteiger partial charge in [0.05, 0.1) is 6.04 Å². The van der Waals surface area contributed by atoms with E-state index in [4.69, 9.17) is 28.7 Å². The third kappa shape index (κ3) is 35.6. The number of hydrogen-bond acceptors (Lipinski definition) is 17. The maximum absolute atomic E-state index is 14.5. The van der Waals surface area contributed by atoms with Crippen molar-refractivity contribution in [3.05, 3.63) is 0 Å². The third-order valence-electron chi connectivity index (χ3n) is 13.9. The van der Waals surface area contributed by atoms with Crippen LogP contribution in [0.1, 0.15) is 171 Å². The van der Waals surface area contributed by atoms with Crippen molar-refractivity contribution in [3.63, 3.8) is 0 Å². The number of carboxylic acid groups (broad SMARTS) is 1. The van der Waals surface area contributed by atoms with Gasteiger partial charge < -0.3 is 81.6 Å². The lowest BCUT2D eigenvalue weighted by atomic mass is 9.98. The molecule has 20 N–H and O–H groups in total. The zero-order valence-corrected chi connectivity index (χ0v) is 54.4. The Bertz CT molecular complexity index is 2010. The summed E-state index contributed by atoms with van der Waals surface area (Å²) in [6.45, 7) is 16.1. The molecule has 0 aliphatic heterocycles. The van der Waals surface area contributed by atoms with Crippen LogP contribution in [0.3, 0.4) is 0 Å². The molecule has 9 amide bonds. The molecule has 0 rings (SSSR count). The SMILES string of the molecule is CSCC[C@H](NC(=O)[C@H](CC(C)C)NC(=O)[C@H](CC(C)C)NC(=O)[C@H](CCCCN)NC(=O)[C@H](CCCCN)NC(=O)[C@H](CC(C)C)NC(=O)[C@H](CC(C)C)NC(=O)[C@H](CCCCN)NC(=O)[C@H](CCCCN)NC(=O)[C@@H](N)CCSC)C(=O)O. The molecule has 85 heavy (non-hydrogen) atoms. The van der Waals surface area contributed by atoms with Crippen LogP contribution < -0.4 is 76.5 Å². The Morgan fingerprint density at radius 3 is 0.753 bits per heavy atom. The van der Waals surface area contributed by atoms with Gasteiger partial charge in [-0.3, -0.25) is 43.2 Å². The van der Waals surface area contributed by atoms with Crippen molar-refractivity contribution in [2.75, 3.05) is 50.2 Å². The zero-order valence-electron chi connectivity index (χ0n) is 52.8. The normalized spacial score (nSPS) is 15.0. The molecule has 10 atom stereocenters. The van der Waals surface area contributed by atoms with Crippen molar-refractivity contribution in [2.45, 2.75) is 231 Å². The van der Waals surface area contributed by atoms with E-state index in [-0.39, 0.29) is 88.0 Å². The van der Waals surface area contributed by atoms with E-state index in [1.165, 1.54) is 23.5 Å². The molecule has 0 radical (unpaired) electrons.